The topological polar surface area (TPSA) is 79.7 Å². The number of piperazine rings is 1. The van der Waals surface area contributed by atoms with E-state index in [0.717, 1.165) is 53.4 Å². The van der Waals surface area contributed by atoms with Crippen molar-refractivity contribution in [3.63, 3.8) is 0 Å². The Morgan fingerprint density at radius 1 is 1.32 bits per heavy atom. The van der Waals surface area contributed by atoms with Gasteiger partial charge in [0.2, 0.25) is 0 Å². The number of fused-ring (bicyclic) bond motifs is 1. The normalized spacial score (nSPS) is 17.9. The van der Waals surface area contributed by atoms with Crippen LogP contribution in [0, 0.1) is 6.92 Å². The first-order valence-corrected chi connectivity index (χ1v) is 9.50. The molecule has 0 radical (unpaired) electrons. The van der Waals surface area contributed by atoms with E-state index >= 15 is 0 Å². The Bertz CT molecular complexity index is 1050. The molecule has 2 heterocycles. The standard InChI is InChI=1S/C22H25N5O/c1-4-21(27-10-9-24-15(3)13-27)25-19-11-16(6-5-14(19)2)17-7-8-18-20(12-17)28-22(23)26-18/h4-8,11-12,15,24H,1,9-10,13H2,2-3H3,(H2,23,26). The van der Waals surface area contributed by atoms with E-state index in [9.17, 15) is 0 Å². The Hall–Kier alpha value is -3.12. The van der Waals surface area contributed by atoms with Crippen LogP contribution in [0.25, 0.3) is 22.2 Å². The van der Waals surface area contributed by atoms with Crippen molar-refractivity contribution < 1.29 is 4.42 Å². The van der Waals surface area contributed by atoms with Gasteiger partial charge in [-0.15, -0.1) is 0 Å². The predicted octanol–water partition coefficient (Wildman–Crippen LogP) is 3.90. The molecule has 1 aromatic heterocycles. The van der Waals surface area contributed by atoms with Crippen LogP contribution in [-0.2, 0) is 0 Å². The average Bonchev–Trinajstić information content (AvgIpc) is 3.06. The van der Waals surface area contributed by atoms with Gasteiger partial charge in [-0.3, -0.25) is 0 Å². The maximum absolute atomic E-state index is 5.66. The number of amidine groups is 1. The highest BCUT2D eigenvalue weighted by molar-refractivity contribution is 5.95. The maximum atomic E-state index is 5.66. The van der Waals surface area contributed by atoms with Crippen molar-refractivity contribution in [2.75, 3.05) is 25.4 Å². The quantitative estimate of drug-likeness (QED) is 0.536. The molecule has 1 aliphatic heterocycles. The number of hydrogen-bond donors (Lipinski definition) is 2. The van der Waals surface area contributed by atoms with E-state index in [0.29, 0.717) is 11.6 Å². The molecule has 6 nitrogen and oxygen atoms in total. The van der Waals surface area contributed by atoms with Gasteiger partial charge in [0.25, 0.3) is 6.01 Å². The van der Waals surface area contributed by atoms with Crippen molar-refractivity contribution >= 4 is 28.6 Å². The summed E-state index contributed by atoms with van der Waals surface area (Å²) in [7, 11) is 0. The zero-order valence-corrected chi connectivity index (χ0v) is 16.3. The predicted molar refractivity (Wildman–Crippen MR) is 115 cm³/mol. The van der Waals surface area contributed by atoms with Gasteiger partial charge in [0.15, 0.2) is 5.58 Å². The second kappa shape index (κ2) is 7.48. The van der Waals surface area contributed by atoms with Crippen LogP contribution in [-0.4, -0.2) is 41.4 Å². The Morgan fingerprint density at radius 3 is 2.89 bits per heavy atom. The highest BCUT2D eigenvalue weighted by atomic mass is 16.4. The van der Waals surface area contributed by atoms with E-state index in [1.54, 1.807) is 0 Å². The van der Waals surface area contributed by atoms with Gasteiger partial charge in [-0.05, 0) is 54.8 Å². The third-order valence-electron chi connectivity index (χ3n) is 5.06. The Labute approximate surface area is 164 Å². The van der Waals surface area contributed by atoms with E-state index in [4.69, 9.17) is 15.1 Å². The van der Waals surface area contributed by atoms with Gasteiger partial charge in [-0.1, -0.05) is 24.8 Å². The lowest BCUT2D eigenvalue weighted by molar-refractivity contribution is 0.305. The number of aromatic nitrogens is 1. The minimum Gasteiger partial charge on any atom is -0.424 e. The molecule has 0 bridgehead atoms. The van der Waals surface area contributed by atoms with Gasteiger partial charge in [0.05, 0.1) is 5.69 Å². The molecule has 1 aliphatic rings. The van der Waals surface area contributed by atoms with Crippen molar-refractivity contribution in [3.05, 3.63) is 54.6 Å². The molecule has 1 saturated heterocycles. The number of aryl methyl sites for hydroxylation is 1. The third-order valence-corrected chi connectivity index (χ3v) is 5.06. The number of rotatable bonds is 3. The molecule has 0 saturated carbocycles. The van der Waals surface area contributed by atoms with Crippen molar-refractivity contribution in [1.29, 1.82) is 0 Å². The van der Waals surface area contributed by atoms with Crippen LogP contribution < -0.4 is 11.1 Å². The van der Waals surface area contributed by atoms with Gasteiger partial charge in [0, 0.05) is 25.7 Å². The van der Waals surface area contributed by atoms with Crippen molar-refractivity contribution in [2.45, 2.75) is 19.9 Å². The molecule has 0 aliphatic carbocycles. The summed E-state index contributed by atoms with van der Waals surface area (Å²) in [6.45, 7) is 11.0. The molecule has 1 fully saturated rings. The minimum atomic E-state index is 0.183. The molecule has 6 heteroatoms. The first-order valence-electron chi connectivity index (χ1n) is 9.50. The summed E-state index contributed by atoms with van der Waals surface area (Å²) in [6.07, 6.45) is 1.84. The van der Waals surface area contributed by atoms with Gasteiger partial charge in [-0.2, -0.15) is 4.98 Å². The van der Waals surface area contributed by atoms with E-state index < -0.39 is 0 Å². The molecule has 4 rings (SSSR count). The number of nitrogens with one attached hydrogen (secondary N) is 1. The second-order valence-corrected chi connectivity index (χ2v) is 7.21. The molecule has 2 aromatic carbocycles. The Balaban J connectivity index is 1.70. The fourth-order valence-corrected chi connectivity index (χ4v) is 3.54. The molecule has 1 unspecified atom stereocenters. The number of nitrogen functional groups attached to an aromatic ring is 1. The van der Waals surface area contributed by atoms with Crippen LogP contribution in [0.1, 0.15) is 12.5 Å². The number of hydrogen-bond acceptors (Lipinski definition) is 5. The molecule has 144 valence electrons. The highest BCUT2D eigenvalue weighted by Crippen LogP contribution is 2.30. The molecular weight excluding hydrogens is 350 g/mol. The summed E-state index contributed by atoms with van der Waals surface area (Å²) in [5, 5.41) is 3.46. The van der Waals surface area contributed by atoms with E-state index in [1.807, 2.05) is 24.3 Å². The largest absolute Gasteiger partial charge is 0.424 e. The number of aliphatic imine (C=N–C) groups is 1. The number of oxazole rings is 1. The number of anilines is 1. The third kappa shape index (κ3) is 3.64. The molecule has 0 spiro atoms. The summed E-state index contributed by atoms with van der Waals surface area (Å²) in [5.74, 6) is 0.909. The molecular formula is C22H25N5O. The van der Waals surface area contributed by atoms with Crippen LogP contribution in [0.4, 0.5) is 11.7 Å². The van der Waals surface area contributed by atoms with Crippen LogP contribution in [0.3, 0.4) is 0 Å². The average molecular weight is 375 g/mol. The number of nitrogens with zero attached hydrogens (tertiary/aromatic N) is 3. The minimum absolute atomic E-state index is 0.183. The summed E-state index contributed by atoms with van der Waals surface area (Å²) in [4.78, 5) is 11.4. The number of nitrogens with two attached hydrogens (primary N) is 1. The van der Waals surface area contributed by atoms with Crippen molar-refractivity contribution in [1.82, 2.24) is 15.2 Å². The van der Waals surface area contributed by atoms with Gasteiger partial charge in [-0.25, -0.2) is 4.99 Å². The number of benzene rings is 2. The summed E-state index contributed by atoms with van der Waals surface area (Å²) >= 11 is 0. The van der Waals surface area contributed by atoms with Crippen LogP contribution in [0.5, 0.6) is 0 Å². The zero-order chi connectivity index (χ0) is 19.7. The molecule has 28 heavy (non-hydrogen) atoms. The first kappa shape index (κ1) is 18.3. The molecule has 3 aromatic rings. The van der Waals surface area contributed by atoms with Crippen molar-refractivity contribution in [3.8, 4) is 11.1 Å². The molecule has 1 atom stereocenters. The van der Waals surface area contributed by atoms with Gasteiger partial charge in [0.1, 0.15) is 11.4 Å². The monoisotopic (exact) mass is 375 g/mol. The van der Waals surface area contributed by atoms with E-state index in [2.05, 4.69) is 53.8 Å². The van der Waals surface area contributed by atoms with E-state index in [-0.39, 0.29) is 6.01 Å². The van der Waals surface area contributed by atoms with Crippen LogP contribution in [0.2, 0.25) is 0 Å². The second-order valence-electron chi connectivity index (χ2n) is 7.21. The summed E-state index contributed by atoms with van der Waals surface area (Å²) in [6, 6.07) is 12.8. The lowest BCUT2D eigenvalue weighted by atomic mass is 10.0. The fraction of sp³-hybridized carbons (Fsp3) is 0.273. The Kier molecular flexibility index (Phi) is 4.88. The molecule has 0 amide bonds. The summed E-state index contributed by atoms with van der Waals surface area (Å²) in [5.41, 5.74) is 11.3. The lowest BCUT2D eigenvalue weighted by Crippen LogP contribution is -2.50. The zero-order valence-electron chi connectivity index (χ0n) is 16.3. The van der Waals surface area contributed by atoms with E-state index in [1.165, 1.54) is 0 Å². The van der Waals surface area contributed by atoms with Crippen LogP contribution in [0.15, 0.2) is 58.5 Å². The van der Waals surface area contributed by atoms with Gasteiger partial charge < -0.3 is 20.4 Å². The smallest absolute Gasteiger partial charge is 0.292 e. The highest BCUT2D eigenvalue weighted by Gasteiger charge is 2.17. The fourth-order valence-electron chi connectivity index (χ4n) is 3.54. The lowest BCUT2D eigenvalue weighted by Gasteiger charge is -2.33. The van der Waals surface area contributed by atoms with Crippen molar-refractivity contribution in [2.24, 2.45) is 4.99 Å². The molecule has 3 N–H and O–H groups in total. The maximum Gasteiger partial charge on any atom is 0.292 e. The van der Waals surface area contributed by atoms with Gasteiger partial charge >= 0.3 is 0 Å². The first-order chi connectivity index (χ1) is 13.5. The summed E-state index contributed by atoms with van der Waals surface area (Å²) < 4.78 is 5.47. The SMILES string of the molecule is C=CC(=Nc1cc(-c2ccc3nc(N)oc3c2)ccc1C)N1CCNC(C)C1. The van der Waals surface area contributed by atoms with Crippen LogP contribution >= 0.6 is 0 Å². The Morgan fingerprint density at radius 2 is 2.11 bits per heavy atom.